The van der Waals surface area contributed by atoms with Crippen LogP contribution in [0.1, 0.15) is 114 Å². The Kier molecular flexibility index (Phi) is 18.2. The van der Waals surface area contributed by atoms with Crippen LogP contribution in [0, 0.1) is 11.3 Å². The number of anilines is 1. The molecule has 0 radical (unpaired) electrons. The summed E-state index contributed by atoms with van der Waals surface area (Å²) in [6, 6.07) is 9.63. The van der Waals surface area contributed by atoms with E-state index < -0.39 is 87.8 Å². The van der Waals surface area contributed by atoms with Crippen LogP contribution in [0.3, 0.4) is 0 Å². The topological polar surface area (TPSA) is 271 Å². The Morgan fingerprint density at radius 3 is 2.43 bits per heavy atom. The number of para-hydroxylation sites is 1. The van der Waals surface area contributed by atoms with E-state index in [-0.39, 0.29) is 70.4 Å². The molecule has 3 fully saturated rings. The quantitative estimate of drug-likeness (QED) is 0.0236. The fourth-order valence-corrected chi connectivity index (χ4v) is 15.4. The van der Waals surface area contributed by atoms with Crippen LogP contribution in [0.25, 0.3) is 10.9 Å². The number of esters is 3. The Balaban J connectivity index is 0.962. The molecule has 9 rings (SSSR count). The molecule has 2 aromatic carbocycles. The van der Waals surface area contributed by atoms with Gasteiger partial charge in [0.1, 0.15) is 29.9 Å². The lowest BCUT2D eigenvalue weighted by Gasteiger charge is -2.63. The van der Waals surface area contributed by atoms with Crippen LogP contribution in [0.5, 0.6) is 5.75 Å². The fourth-order valence-electron chi connectivity index (χ4n) is 15.4. The third kappa shape index (κ3) is 10.5. The molecule has 7 unspecified atom stereocenters. The number of aliphatic hydroxyl groups is 4. The maximum atomic E-state index is 15.5. The highest BCUT2D eigenvalue weighted by Gasteiger charge is 2.78. The first-order chi connectivity index (χ1) is 39.3. The zero-order valence-electron chi connectivity index (χ0n) is 48.9. The summed E-state index contributed by atoms with van der Waals surface area (Å²) in [6.07, 6.45) is 4.61. The predicted molar refractivity (Wildman–Crippen MR) is 303 cm³/mol. The number of piperidine rings is 1. The van der Waals surface area contributed by atoms with Crippen molar-refractivity contribution in [1.29, 1.82) is 0 Å². The number of nitrogens with one attached hydrogen (secondary N) is 3. The average Bonchev–Trinajstić information content (AvgIpc) is 3.18. The molecule has 1 spiro atoms. The lowest BCUT2D eigenvalue weighted by atomic mass is 9.47. The van der Waals surface area contributed by atoms with E-state index in [0.717, 1.165) is 22.0 Å². The van der Waals surface area contributed by atoms with Crippen LogP contribution in [0.15, 0.2) is 48.6 Å². The van der Waals surface area contributed by atoms with E-state index in [4.69, 9.17) is 28.4 Å². The molecule has 1 saturated carbocycles. The zero-order chi connectivity index (χ0) is 58.9. The van der Waals surface area contributed by atoms with Crippen LogP contribution in [0.2, 0.25) is 0 Å². The number of aromatic amines is 1. The van der Waals surface area contributed by atoms with E-state index in [1.807, 2.05) is 69.1 Å². The van der Waals surface area contributed by atoms with Gasteiger partial charge in [-0.2, -0.15) is 0 Å². The first kappa shape index (κ1) is 60.9. The number of ether oxygens (including phenoxy) is 6. The van der Waals surface area contributed by atoms with Crippen molar-refractivity contribution in [3.63, 3.8) is 0 Å². The molecule has 21 heteroatoms. The van der Waals surface area contributed by atoms with E-state index in [9.17, 15) is 34.8 Å². The van der Waals surface area contributed by atoms with Crippen molar-refractivity contribution in [3.8, 4) is 5.75 Å². The molecular formula is C61H86N6O15. The number of methoxy groups -OCH3 is 3. The number of hydrogen-bond donors (Lipinski definition) is 7. The summed E-state index contributed by atoms with van der Waals surface area (Å²) < 4.78 is 33.9. The Morgan fingerprint density at radius 2 is 1.72 bits per heavy atom. The molecule has 450 valence electrons. The van der Waals surface area contributed by atoms with Gasteiger partial charge in [0, 0.05) is 111 Å². The molecule has 6 heterocycles. The summed E-state index contributed by atoms with van der Waals surface area (Å²) in [5, 5.41) is 54.6. The highest BCUT2D eigenvalue weighted by molar-refractivity contribution is 5.95. The van der Waals surface area contributed by atoms with E-state index >= 15 is 9.59 Å². The number of amides is 2. The van der Waals surface area contributed by atoms with Gasteiger partial charge in [-0.25, -0.2) is 4.79 Å². The van der Waals surface area contributed by atoms with Crippen LogP contribution in [-0.2, 0) is 64.9 Å². The van der Waals surface area contributed by atoms with Crippen LogP contribution in [-0.4, -0.2) is 200 Å². The predicted octanol–water partition coefficient (Wildman–Crippen LogP) is 3.27. The van der Waals surface area contributed by atoms with Crippen molar-refractivity contribution in [2.45, 2.75) is 157 Å². The monoisotopic (exact) mass is 1140 g/mol. The lowest BCUT2D eigenvalue weighted by Crippen LogP contribution is -2.81. The van der Waals surface area contributed by atoms with Gasteiger partial charge in [-0.05, 0) is 100 Å². The van der Waals surface area contributed by atoms with E-state index in [1.165, 1.54) is 21.1 Å². The normalized spacial score (nSPS) is 31.0. The number of aliphatic hydroxyl groups excluding tert-OH is 2. The summed E-state index contributed by atoms with van der Waals surface area (Å²) in [5.74, 6) is -2.75. The van der Waals surface area contributed by atoms with Gasteiger partial charge in [-0.1, -0.05) is 51.1 Å². The lowest BCUT2D eigenvalue weighted by molar-refractivity contribution is -0.203. The second-order valence-corrected chi connectivity index (χ2v) is 23.7. The summed E-state index contributed by atoms with van der Waals surface area (Å²) in [5.41, 5.74) is -2.33. The molecule has 21 nitrogen and oxygen atoms in total. The molecule has 2 amide bonds. The Bertz CT molecular complexity index is 2880. The molecular weight excluding hydrogens is 1060 g/mol. The van der Waals surface area contributed by atoms with Crippen molar-refractivity contribution in [3.05, 3.63) is 70.9 Å². The summed E-state index contributed by atoms with van der Waals surface area (Å²) in [4.78, 5) is 79.2. The standard InChI is InChI=1S/C61H86N6O15/c1-9-39(34-68)82-49(78-7)35-81-48(70)20-14-19-47(69)63-37(4)51(71)80-28-16-24-62-55(73)61(76)53-59(23-27-67-25-15-22-58(11-3,52(59)67)54(61)72)42-29-43(46(77-6)30-45(42)65(53)5)60(56(74)79-8)32-38-31-57(75,10-2)36-66(33-38)26-21-41-40-17-12-13-18-44(40)64-50(41)60/h12-13,15,17-18,22,29-30,37-39,49,52-54,64,68,72,75-76H,9-11,14,16,19-21,23-28,31-36H2,1-8H3,(H,62,73)(H,63,69)/t37-,38?,39?,49?,52?,53?,54-,57?,58-,59?,60+,61+/m1/s1. The van der Waals surface area contributed by atoms with Gasteiger partial charge < -0.3 is 69.4 Å². The number of likely N-dealkylation sites (N-methyl/N-ethyl adjacent to an activating group) is 1. The number of fused-ring (bicyclic) bond motifs is 6. The second-order valence-electron chi connectivity index (χ2n) is 23.7. The van der Waals surface area contributed by atoms with E-state index in [0.29, 0.717) is 93.9 Å². The Labute approximate surface area is 480 Å². The third-order valence-electron chi connectivity index (χ3n) is 19.2. The highest BCUT2D eigenvalue weighted by atomic mass is 16.7. The van der Waals surface area contributed by atoms with Crippen LogP contribution >= 0.6 is 0 Å². The first-order valence-electron chi connectivity index (χ1n) is 29.4. The number of H-pyrrole nitrogens is 1. The van der Waals surface area contributed by atoms with Crippen LogP contribution < -0.4 is 20.3 Å². The minimum atomic E-state index is -2.42. The van der Waals surface area contributed by atoms with E-state index in [1.54, 1.807) is 7.11 Å². The van der Waals surface area contributed by atoms with Crippen LogP contribution in [0.4, 0.5) is 5.69 Å². The van der Waals surface area contributed by atoms with Gasteiger partial charge in [-0.3, -0.25) is 29.0 Å². The minimum absolute atomic E-state index is 0.0328. The van der Waals surface area contributed by atoms with Crippen molar-refractivity contribution in [2.24, 2.45) is 11.3 Å². The number of rotatable bonds is 23. The van der Waals surface area contributed by atoms with E-state index in [2.05, 4.69) is 37.6 Å². The molecule has 2 bridgehead atoms. The third-order valence-corrected chi connectivity index (χ3v) is 19.2. The number of carbonyl (C=O) groups excluding carboxylic acids is 5. The summed E-state index contributed by atoms with van der Waals surface area (Å²) in [6.45, 7) is 9.80. The smallest absolute Gasteiger partial charge is 0.328 e. The zero-order valence-corrected chi connectivity index (χ0v) is 48.9. The van der Waals surface area contributed by atoms with Crippen molar-refractivity contribution < 1.29 is 72.8 Å². The molecule has 13 atom stereocenters. The second kappa shape index (κ2) is 24.5. The molecule has 3 aromatic rings. The van der Waals surface area contributed by atoms with Gasteiger partial charge in [0.25, 0.3) is 5.91 Å². The number of benzene rings is 2. The van der Waals surface area contributed by atoms with Gasteiger partial charge >= 0.3 is 17.9 Å². The highest BCUT2D eigenvalue weighted by Crippen LogP contribution is 2.67. The van der Waals surface area contributed by atoms with Crippen molar-refractivity contribution >= 4 is 46.3 Å². The SMILES string of the molecule is CCC(CO)OC(COC(=O)CCCC(=O)N[C@H](C)C(=O)OCCCNC(=O)[C@]1(O)C2N(C)c3cc(OC)c([C@@]4(C(=O)OC)CC5C[N@](CCc6c4[nH]c4ccccc64)CC(O)(CC)C5)cc3C23CCN2CC=C[C@](CC)(C23)[C@H]1O)OC. The Morgan fingerprint density at radius 1 is 0.939 bits per heavy atom. The van der Waals surface area contributed by atoms with Gasteiger partial charge in [0.15, 0.2) is 11.9 Å². The maximum Gasteiger partial charge on any atom is 0.328 e. The molecule has 7 N–H and O–H groups in total. The number of carbonyl (C=O) groups is 5. The van der Waals surface area contributed by atoms with Gasteiger partial charge in [0.2, 0.25) is 5.91 Å². The molecule has 5 aliphatic heterocycles. The molecule has 2 saturated heterocycles. The van der Waals surface area contributed by atoms with Crippen molar-refractivity contribution in [1.82, 2.24) is 25.4 Å². The maximum absolute atomic E-state index is 15.5. The minimum Gasteiger partial charge on any atom is -0.496 e. The largest absolute Gasteiger partial charge is 0.496 e. The Hall–Kier alpha value is -5.65. The number of nitrogens with zero attached hydrogens (tertiary/aromatic N) is 3. The fraction of sp³-hybridized carbons (Fsp3) is 0.656. The first-order valence-corrected chi connectivity index (χ1v) is 29.4. The summed E-state index contributed by atoms with van der Waals surface area (Å²) in [7, 11) is 6.22. The average molecular weight is 1140 g/mol. The number of hydrogen-bond acceptors (Lipinski definition) is 18. The molecule has 82 heavy (non-hydrogen) atoms. The molecule has 6 aliphatic rings. The number of aromatic nitrogens is 1. The molecule has 1 aliphatic carbocycles. The summed E-state index contributed by atoms with van der Waals surface area (Å²) >= 11 is 0. The van der Waals surface area contributed by atoms with Gasteiger partial charge in [-0.15, -0.1) is 0 Å². The van der Waals surface area contributed by atoms with Gasteiger partial charge in [0.05, 0.1) is 45.2 Å². The van der Waals surface area contributed by atoms with Crippen molar-refractivity contribution in [2.75, 3.05) is 92.4 Å². The molecule has 1 aromatic heterocycles.